The smallest absolute Gasteiger partial charge is 0.308 e. The van der Waals surface area contributed by atoms with Crippen LogP contribution in [0.25, 0.3) is 0 Å². The lowest BCUT2D eigenvalue weighted by Gasteiger charge is -2.33. The first-order valence-corrected chi connectivity index (χ1v) is 9.24. The molecule has 2 unspecified atom stereocenters. The minimum Gasteiger partial charge on any atom is -0.462 e. The Hall–Kier alpha value is -0.980. The highest BCUT2D eigenvalue weighted by atomic mass is 16.5. The Morgan fingerprint density at radius 1 is 0.880 bits per heavy atom. The molecule has 3 N–H and O–H groups in total. The third-order valence-corrected chi connectivity index (χ3v) is 5.87. The quantitative estimate of drug-likeness (QED) is 0.568. The van der Waals surface area contributed by atoms with E-state index < -0.39 is 48.1 Å². The van der Waals surface area contributed by atoms with Crippen LogP contribution in [-0.4, -0.2) is 51.5 Å². The number of aliphatic hydroxyl groups is 3. The van der Waals surface area contributed by atoms with Crippen molar-refractivity contribution in [3.8, 4) is 0 Å². The molecule has 9 atom stereocenters. The number of hydrogen-bond donors (Lipinski definition) is 3. The first-order valence-electron chi connectivity index (χ1n) is 9.24. The molecule has 1 saturated heterocycles. The third-order valence-electron chi connectivity index (χ3n) is 5.87. The summed E-state index contributed by atoms with van der Waals surface area (Å²) < 4.78 is 5.32. The number of rotatable bonds is 0. The number of carbonyl (C=O) groups excluding carboxylic acids is 2. The van der Waals surface area contributed by atoms with Crippen LogP contribution in [-0.2, 0) is 14.3 Å². The van der Waals surface area contributed by atoms with Gasteiger partial charge in [0.15, 0.2) is 0 Å². The number of aliphatic hydroxyl groups excluding tert-OH is 3. The van der Waals surface area contributed by atoms with Crippen LogP contribution in [0.5, 0.6) is 0 Å². The zero-order valence-corrected chi connectivity index (χ0v) is 16.2. The zero-order valence-electron chi connectivity index (χ0n) is 16.2. The number of carbonyl (C=O) groups is 2. The molecule has 0 radical (unpaired) electrons. The average Bonchev–Trinajstić information content (AvgIpc) is 2.56. The summed E-state index contributed by atoms with van der Waals surface area (Å²) in [4.78, 5) is 24.7. The van der Waals surface area contributed by atoms with E-state index in [1.54, 1.807) is 34.6 Å². The van der Waals surface area contributed by atoms with Crippen molar-refractivity contribution in [2.75, 3.05) is 0 Å². The molecule has 25 heavy (non-hydrogen) atoms. The molecule has 1 fully saturated rings. The predicted molar refractivity (Wildman–Crippen MR) is 93.6 cm³/mol. The number of Topliss-reactive ketones (excluding diaryl/α,β-unsaturated/α-hetero) is 1. The molecule has 6 nitrogen and oxygen atoms in total. The summed E-state index contributed by atoms with van der Waals surface area (Å²) in [6, 6.07) is 0. The first-order chi connectivity index (χ1) is 11.5. The van der Waals surface area contributed by atoms with Crippen molar-refractivity contribution >= 4 is 11.8 Å². The third kappa shape index (κ3) is 5.50. The van der Waals surface area contributed by atoms with Gasteiger partial charge in [0.1, 0.15) is 11.9 Å². The Kier molecular flexibility index (Phi) is 8.03. The monoisotopic (exact) mass is 358 g/mol. The summed E-state index contributed by atoms with van der Waals surface area (Å²) in [6.07, 6.45) is -3.11. The maximum absolute atomic E-state index is 12.6. The van der Waals surface area contributed by atoms with Gasteiger partial charge in [-0.05, 0) is 19.3 Å². The SMILES string of the molecule is CC1OC(=O)C[C@@H](O)[C@H](C)[C@@H](O)C(C)C[C@@H](C)C(=O)[C@H](C)[C@@H](O)[C@H]1C. The topological polar surface area (TPSA) is 104 Å². The van der Waals surface area contributed by atoms with Gasteiger partial charge in [0, 0.05) is 23.7 Å². The number of ketones is 1. The summed E-state index contributed by atoms with van der Waals surface area (Å²) >= 11 is 0. The van der Waals surface area contributed by atoms with E-state index in [9.17, 15) is 24.9 Å². The van der Waals surface area contributed by atoms with Crippen LogP contribution in [0.4, 0.5) is 0 Å². The van der Waals surface area contributed by atoms with Gasteiger partial charge >= 0.3 is 5.97 Å². The molecule has 146 valence electrons. The molecule has 6 heteroatoms. The molecule has 0 aromatic rings. The summed E-state index contributed by atoms with van der Waals surface area (Å²) in [6.45, 7) is 10.4. The van der Waals surface area contributed by atoms with Gasteiger partial charge in [-0.2, -0.15) is 0 Å². The Bertz CT molecular complexity index is 465. The highest BCUT2D eigenvalue weighted by molar-refractivity contribution is 5.83. The van der Waals surface area contributed by atoms with Gasteiger partial charge in [-0.15, -0.1) is 0 Å². The summed E-state index contributed by atoms with van der Waals surface area (Å²) in [5, 5.41) is 31.2. The minimum atomic E-state index is -1.02. The van der Waals surface area contributed by atoms with Crippen LogP contribution < -0.4 is 0 Å². The van der Waals surface area contributed by atoms with E-state index in [1.165, 1.54) is 0 Å². The summed E-state index contributed by atoms with van der Waals surface area (Å²) in [5.74, 6) is -2.67. The lowest BCUT2D eigenvalue weighted by Crippen LogP contribution is -2.42. The second kappa shape index (κ2) is 9.10. The van der Waals surface area contributed by atoms with E-state index in [1.807, 2.05) is 6.92 Å². The van der Waals surface area contributed by atoms with E-state index in [-0.39, 0.29) is 24.0 Å². The zero-order chi connectivity index (χ0) is 19.5. The number of esters is 1. The molecule has 0 aliphatic carbocycles. The van der Waals surface area contributed by atoms with Crippen molar-refractivity contribution in [1.29, 1.82) is 0 Å². The van der Waals surface area contributed by atoms with Gasteiger partial charge in [0.25, 0.3) is 0 Å². The normalized spacial score (nSPS) is 45.6. The van der Waals surface area contributed by atoms with Crippen molar-refractivity contribution in [3.63, 3.8) is 0 Å². The predicted octanol–water partition coefficient (Wildman–Crippen LogP) is 1.54. The van der Waals surface area contributed by atoms with Gasteiger partial charge in [-0.3, -0.25) is 9.59 Å². The van der Waals surface area contributed by atoms with Crippen LogP contribution in [0.2, 0.25) is 0 Å². The van der Waals surface area contributed by atoms with E-state index >= 15 is 0 Å². The van der Waals surface area contributed by atoms with E-state index in [4.69, 9.17) is 4.74 Å². The van der Waals surface area contributed by atoms with Crippen molar-refractivity contribution in [2.24, 2.45) is 29.6 Å². The highest BCUT2D eigenvalue weighted by Crippen LogP contribution is 2.29. The fourth-order valence-electron chi connectivity index (χ4n) is 3.63. The first kappa shape index (κ1) is 22.1. The van der Waals surface area contributed by atoms with Crippen molar-refractivity contribution < 1.29 is 29.6 Å². The van der Waals surface area contributed by atoms with Gasteiger partial charge in [-0.25, -0.2) is 0 Å². The highest BCUT2D eigenvalue weighted by Gasteiger charge is 2.36. The van der Waals surface area contributed by atoms with Crippen LogP contribution in [0.3, 0.4) is 0 Å². The van der Waals surface area contributed by atoms with Crippen LogP contribution in [0.1, 0.15) is 54.4 Å². The Morgan fingerprint density at radius 3 is 2.00 bits per heavy atom. The molecule has 0 aromatic carbocycles. The van der Waals surface area contributed by atoms with E-state index in [0.29, 0.717) is 6.42 Å². The molecule has 0 aromatic heterocycles. The molecule has 1 heterocycles. The van der Waals surface area contributed by atoms with Gasteiger partial charge in [0.05, 0.1) is 24.7 Å². The molecular formula is C19H34O6. The number of ether oxygens (including phenoxy) is 1. The number of hydrogen-bond acceptors (Lipinski definition) is 6. The van der Waals surface area contributed by atoms with Crippen molar-refractivity contribution in [3.05, 3.63) is 0 Å². The molecule has 1 rings (SSSR count). The molecule has 1 aliphatic rings. The number of cyclic esters (lactones) is 1. The minimum absolute atomic E-state index is 0.0674. The molecule has 1 aliphatic heterocycles. The molecule has 0 amide bonds. The Balaban J connectivity index is 3.08. The maximum Gasteiger partial charge on any atom is 0.308 e. The van der Waals surface area contributed by atoms with E-state index in [0.717, 1.165) is 0 Å². The molecule has 0 spiro atoms. The second-order valence-corrected chi connectivity index (χ2v) is 7.97. The Morgan fingerprint density at radius 2 is 1.44 bits per heavy atom. The average molecular weight is 358 g/mol. The van der Waals surface area contributed by atoms with Crippen LogP contribution >= 0.6 is 0 Å². The largest absolute Gasteiger partial charge is 0.462 e. The van der Waals surface area contributed by atoms with Gasteiger partial charge in [-0.1, -0.05) is 34.6 Å². The summed E-state index contributed by atoms with van der Waals surface area (Å²) in [5.41, 5.74) is 0. The summed E-state index contributed by atoms with van der Waals surface area (Å²) in [7, 11) is 0. The van der Waals surface area contributed by atoms with Crippen molar-refractivity contribution in [1.82, 2.24) is 0 Å². The lowest BCUT2D eigenvalue weighted by molar-refractivity contribution is -0.157. The second-order valence-electron chi connectivity index (χ2n) is 7.97. The van der Waals surface area contributed by atoms with Gasteiger partial charge in [0.2, 0.25) is 0 Å². The lowest BCUT2D eigenvalue weighted by atomic mass is 9.78. The molecule has 0 saturated carbocycles. The fraction of sp³-hybridized carbons (Fsp3) is 0.895. The van der Waals surface area contributed by atoms with Crippen LogP contribution in [0, 0.1) is 29.6 Å². The molecule has 0 bridgehead atoms. The Labute approximate surface area is 150 Å². The van der Waals surface area contributed by atoms with Crippen LogP contribution in [0.15, 0.2) is 0 Å². The van der Waals surface area contributed by atoms with Crippen molar-refractivity contribution in [2.45, 2.75) is 78.8 Å². The van der Waals surface area contributed by atoms with Gasteiger partial charge < -0.3 is 20.1 Å². The fourth-order valence-corrected chi connectivity index (χ4v) is 3.63. The van der Waals surface area contributed by atoms with E-state index in [2.05, 4.69) is 0 Å². The standard InChI is InChI=1S/C19H34O6/c1-9-7-10(2)18(23)13(5)19(24)11(3)14(6)25-16(21)8-15(20)12(4)17(9)22/h9-15,17,19-20,22,24H,7-8H2,1-6H3/t9?,10-,11+,12+,13+,14?,15-,17+,19+/m1/s1. The maximum atomic E-state index is 12.6. The molecular weight excluding hydrogens is 324 g/mol.